The third kappa shape index (κ3) is 4.32. The molecule has 49 heavy (non-hydrogen) atoms. The molecule has 0 saturated carbocycles. The number of benzene rings is 7. The van der Waals surface area contributed by atoms with E-state index < -0.39 is 0 Å². The van der Waals surface area contributed by atoms with Crippen LogP contribution in [0.5, 0.6) is 0 Å². The Morgan fingerprint density at radius 3 is 1.73 bits per heavy atom. The second-order valence-corrected chi connectivity index (χ2v) is 15.3. The van der Waals surface area contributed by atoms with Crippen LogP contribution in [0.15, 0.2) is 152 Å². The van der Waals surface area contributed by atoms with E-state index in [0.717, 1.165) is 0 Å². The monoisotopic (exact) mass is 646 g/mol. The summed E-state index contributed by atoms with van der Waals surface area (Å²) in [4.78, 5) is 0. The van der Waals surface area contributed by atoms with Gasteiger partial charge in [0.25, 0.3) is 0 Å². The van der Waals surface area contributed by atoms with Gasteiger partial charge in [-0.05, 0) is 82.8 Å². The predicted octanol–water partition coefficient (Wildman–Crippen LogP) is 13.2. The van der Waals surface area contributed by atoms with E-state index in [2.05, 4.69) is 182 Å². The van der Waals surface area contributed by atoms with Gasteiger partial charge in [-0.2, -0.15) is 0 Å². The van der Waals surface area contributed by atoms with Crippen molar-refractivity contribution in [3.05, 3.63) is 157 Å². The molecule has 3 heteroatoms. The number of para-hydroxylation sites is 2. The Morgan fingerprint density at radius 2 is 1.00 bits per heavy atom. The van der Waals surface area contributed by atoms with E-state index in [9.17, 15) is 0 Å². The zero-order chi connectivity index (χ0) is 32.9. The average molecular weight is 647 g/mol. The third-order valence-electron chi connectivity index (χ3n) is 10.3. The van der Waals surface area contributed by atoms with Gasteiger partial charge in [-0.3, -0.25) is 0 Å². The summed E-state index contributed by atoms with van der Waals surface area (Å²) in [6.45, 7) is 6.80. The highest BCUT2D eigenvalue weighted by atomic mass is 32.1. The summed E-state index contributed by atoms with van der Waals surface area (Å²) in [6, 6.07) is 56.3. The number of rotatable bonds is 3. The second-order valence-electron chi connectivity index (χ2n) is 14.2. The number of hydrogen-bond acceptors (Lipinski definition) is 1. The van der Waals surface area contributed by atoms with Crippen molar-refractivity contribution in [3.63, 3.8) is 0 Å². The molecule has 234 valence electrons. The van der Waals surface area contributed by atoms with Crippen molar-refractivity contribution >= 4 is 75.1 Å². The largest absolute Gasteiger partial charge is 0.309 e. The van der Waals surface area contributed by atoms with Crippen LogP contribution in [0.3, 0.4) is 0 Å². The highest BCUT2D eigenvalue weighted by Crippen LogP contribution is 2.42. The van der Waals surface area contributed by atoms with E-state index in [0.29, 0.717) is 0 Å². The normalized spacial score (nSPS) is 12.4. The minimum atomic E-state index is 0.131. The Balaban J connectivity index is 1.18. The lowest BCUT2D eigenvalue weighted by Gasteiger charge is -2.19. The number of aromatic nitrogens is 2. The number of fused-ring (bicyclic) bond motifs is 9. The molecule has 0 bridgehead atoms. The smallest absolute Gasteiger partial charge is 0.0555 e. The molecular weight excluding hydrogens is 613 g/mol. The molecule has 0 N–H and O–H groups in total. The number of nitrogens with zero attached hydrogens (tertiary/aromatic N) is 2. The van der Waals surface area contributed by atoms with Crippen molar-refractivity contribution in [1.82, 2.24) is 9.13 Å². The highest BCUT2D eigenvalue weighted by molar-refractivity contribution is 7.25. The van der Waals surface area contributed by atoms with Crippen molar-refractivity contribution in [2.24, 2.45) is 0 Å². The van der Waals surface area contributed by atoms with Gasteiger partial charge in [0.1, 0.15) is 0 Å². The first-order chi connectivity index (χ1) is 23.9. The van der Waals surface area contributed by atoms with Crippen LogP contribution in [0.25, 0.3) is 86.3 Å². The van der Waals surface area contributed by atoms with Gasteiger partial charge in [0.2, 0.25) is 0 Å². The summed E-state index contributed by atoms with van der Waals surface area (Å²) in [7, 11) is 0. The van der Waals surface area contributed by atoms with Gasteiger partial charge < -0.3 is 9.13 Å². The molecule has 10 rings (SSSR count). The van der Waals surface area contributed by atoms with E-state index in [1.54, 1.807) is 0 Å². The first-order valence-corrected chi connectivity index (χ1v) is 17.8. The maximum Gasteiger partial charge on any atom is 0.0555 e. The van der Waals surface area contributed by atoms with Crippen LogP contribution >= 0.6 is 11.3 Å². The van der Waals surface area contributed by atoms with Crippen molar-refractivity contribution in [2.75, 3.05) is 0 Å². The van der Waals surface area contributed by atoms with E-state index in [1.165, 1.54) is 91.8 Å². The first-order valence-electron chi connectivity index (χ1n) is 17.0. The summed E-state index contributed by atoms with van der Waals surface area (Å²) >= 11 is 1.88. The fraction of sp³-hybridized carbons (Fsp3) is 0.0870. The molecule has 0 unspecified atom stereocenters. The first kappa shape index (κ1) is 28.4. The predicted molar refractivity (Wildman–Crippen MR) is 212 cm³/mol. The third-order valence-corrected chi connectivity index (χ3v) is 11.4. The molecule has 0 amide bonds. The molecule has 0 aliphatic rings. The average Bonchev–Trinajstić information content (AvgIpc) is 3.77. The zero-order valence-corrected chi connectivity index (χ0v) is 28.6. The Kier molecular flexibility index (Phi) is 6.04. The number of thiophene rings is 1. The van der Waals surface area contributed by atoms with Crippen LogP contribution in [0.4, 0.5) is 0 Å². The van der Waals surface area contributed by atoms with E-state index in [1.807, 2.05) is 11.3 Å². The van der Waals surface area contributed by atoms with Crippen LogP contribution in [-0.2, 0) is 5.41 Å². The zero-order valence-electron chi connectivity index (χ0n) is 27.7. The Hall–Kier alpha value is -5.64. The van der Waals surface area contributed by atoms with Gasteiger partial charge in [-0.15, -0.1) is 11.3 Å². The van der Waals surface area contributed by atoms with Crippen LogP contribution in [-0.4, -0.2) is 9.13 Å². The molecule has 7 aromatic carbocycles. The molecule has 0 atom stereocenters. The standard InChI is InChI=1S/C46H34N2S/c1-46(2,3)31-21-19-29(20-22-31)30-11-10-12-32(25-30)47-40-16-7-4-13-34(40)37-26-33(23-24-42(37)47)48-41-17-8-5-14-35(41)38-27-39-36-15-6-9-18-44(36)49-45(39)28-43(38)48/h4-28H,1-3H3. The fourth-order valence-corrected chi connectivity index (χ4v) is 8.95. The van der Waals surface area contributed by atoms with Gasteiger partial charge in [-0.25, -0.2) is 0 Å². The van der Waals surface area contributed by atoms with Crippen molar-refractivity contribution in [1.29, 1.82) is 0 Å². The summed E-state index contributed by atoms with van der Waals surface area (Å²) in [5.41, 5.74) is 11.2. The van der Waals surface area contributed by atoms with Gasteiger partial charge >= 0.3 is 0 Å². The molecule has 3 heterocycles. The molecule has 2 nitrogen and oxygen atoms in total. The van der Waals surface area contributed by atoms with Crippen molar-refractivity contribution < 1.29 is 0 Å². The Bertz CT molecular complexity index is 2910. The quantitative estimate of drug-likeness (QED) is 0.181. The molecule has 10 aromatic rings. The van der Waals surface area contributed by atoms with E-state index in [-0.39, 0.29) is 5.41 Å². The topological polar surface area (TPSA) is 9.86 Å². The summed E-state index contributed by atoms with van der Waals surface area (Å²) in [5, 5.41) is 7.75. The molecule has 3 aromatic heterocycles. The highest BCUT2D eigenvalue weighted by Gasteiger charge is 2.19. The fourth-order valence-electron chi connectivity index (χ4n) is 7.83. The molecule has 0 spiro atoms. The lowest BCUT2D eigenvalue weighted by Crippen LogP contribution is -2.10. The molecular formula is C46H34N2S. The summed E-state index contributed by atoms with van der Waals surface area (Å²) < 4.78 is 7.54. The van der Waals surface area contributed by atoms with E-state index in [4.69, 9.17) is 0 Å². The molecule has 0 saturated heterocycles. The minimum Gasteiger partial charge on any atom is -0.309 e. The summed E-state index contributed by atoms with van der Waals surface area (Å²) in [6.07, 6.45) is 0. The van der Waals surface area contributed by atoms with Gasteiger partial charge in [0.15, 0.2) is 0 Å². The SMILES string of the molecule is CC(C)(C)c1ccc(-c2cccc(-n3c4ccccc4c4cc(-n5c6ccccc6c6cc7c(cc65)sc5ccccc57)ccc43)c2)cc1. The lowest BCUT2D eigenvalue weighted by molar-refractivity contribution is 0.590. The van der Waals surface area contributed by atoms with Crippen molar-refractivity contribution in [3.8, 4) is 22.5 Å². The van der Waals surface area contributed by atoms with E-state index >= 15 is 0 Å². The minimum absolute atomic E-state index is 0.131. The van der Waals surface area contributed by atoms with Gasteiger partial charge in [-0.1, -0.05) is 112 Å². The second kappa shape index (κ2) is 10.4. The molecule has 0 fully saturated rings. The molecule has 0 aliphatic heterocycles. The maximum absolute atomic E-state index is 2.46. The number of hydrogen-bond donors (Lipinski definition) is 0. The Morgan fingerprint density at radius 1 is 0.388 bits per heavy atom. The van der Waals surface area contributed by atoms with Crippen LogP contribution in [0, 0.1) is 0 Å². The van der Waals surface area contributed by atoms with Crippen LogP contribution in [0.2, 0.25) is 0 Å². The van der Waals surface area contributed by atoms with Crippen molar-refractivity contribution in [2.45, 2.75) is 26.2 Å². The van der Waals surface area contributed by atoms with Gasteiger partial charge in [0.05, 0.1) is 22.1 Å². The molecule has 0 aliphatic carbocycles. The van der Waals surface area contributed by atoms with Gasteiger partial charge in [0, 0.05) is 53.1 Å². The van der Waals surface area contributed by atoms with Crippen LogP contribution in [0.1, 0.15) is 26.3 Å². The molecule has 0 radical (unpaired) electrons. The Labute approximate surface area is 289 Å². The lowest BCUT2D eigenvalue weighted by atomic mass is 9.86. The summed E-state index contributed by atoms with van der Waals surface area (Å²) in [5.74, 6) is 0. The van der Waals surface area contributed by atoms with Crippen LogP contribution < -0.4 is 0 Å². The maximum atomic E-state index is 2.46.